The highest BCUT2D eigenvalue weighted by Gasteiger charge is 2.28. The summed E-state index contributed by atoms with van der Waals surface area (Å²) in [4.78, 5) is 14.9. The SMILES string of the molecule is CC1CN(Cc2ccc(CNC(=O)c3ccc(N4CCCS4(=O)=O)cc3)cc2)CC(C)O1. The van der Waals surface area contributed by atoms with Crippen LogP contribution in [-0.4, -0.2) is 56.8 Å². The first-order valence-corrected chi connectivity index (χ1v) is 12.8. The lowest BCUT2D eigenvalue weighted by Gasteiger charge is -2.35. The van der Waals surface area contributed by atoms with Gasteiger partial charge in [0.15, 0.2) is 0 Å². The lowest BCUT2D eigenvalue weighted by Crippen LogP contribution is -2.44. The van der Waals surface area contributed by atoms with Gasteiger partial charge in [0.1, 0.15) is 0 Å². The Labute approximate surface area is 190 Å². The summed E-state index contributed by atoms with van der Waals surface area (Å²) in [5, 5.41) is 2.94. The number of hydrogen-bond donors (Lipinski definition) is 1. The Balaban J connectivity index is 1.29. The predicted octanol–water partition coefficient (Wildman–Crippen LogP) is 2.77. The molecule has 0 saturated carbocycles. The van der Waals surface area contributed by atoms with Crippen LogP contribution in [0.5, 0.6) is 0 Å². The van der Waals surface area contributed by atoms with E-state index in [1.165, 1.54) is 9.87 Å². The predicted molar refractivity (Wildman–Crippen MR) is 125 cm³/mol. The van der Waals surface area contributed by atoms with Gasteiger partial charge in [0.05, 0.1) is 23.6 Å². The first-order valence-electron chi connectivity index (χ1n) is 11.1. The van der Waals surface area contributed by atoms with Gasteiger partial charge in [0.25, 0.3) is 5.91 Å². The van der Waals surface area contributed by atoms with Crippen LogP contribution in [0.3, 0.4) is 0 Å². The molecule has 2 aliphatic rings. The summed E-state index contributed by atoms with van der Waals surface area (Å²) in [5.74, 6) is -0.000162. The zero-order valence-corrected chi connectivity index (χ0v) is 19.5. The summed E-state index contributed by atoms with van der Waals surface area (Å²) in [5.41, 5.74) is 3.40. The third-order valence-corrected chi connectivity index (χ3v) is 7.76. The molecule has 1 amide bonds. The van der Waals surface area contributed by atoms with Crippen LogP contribution in [0.15, 0.2) is 48.5 Å². The molecule has 2 fully saturated rings. The second-order valence-electron chi connectivity index (χ2n) is 8.74. The first kappa shape index (κ1) is 22.8. The van der Waals surface area contributed by atoms with Crippen molar-refractivity contribution >= 4 is 21.6 Å². The Bertz CT molecular complexity index is 1030. The van der Waals surface area contributed by atoms with E-state index in [0.29, 0.717) is 30.8 Å². The number of hydrogen-bond acceptors (Lipinski definition) is 5. The van der Waals surface area contributed by atoms with Crippen molar-refractivity contribution in [3.63, 3.8) is 0 Å². The highest BCUT2D eigenvalue weighted by molar-refractivity contribution is 7.93. The van der Waals surface area contributed by atoms with Gasteiger partial charge in [-0.3, -0.25) is 14.0 Å². The number of morpholine rings is 1. The molecule has 2 saturated heterocycles. The zero-order valence-electron chi connectivity index (χ0n) is 18.7. The number of benzene rings is 2. The van der Waals surface area contributed by atoms with Crippen LogP contribution < -0.4 is 9.62 Å². The van der Waals surface area contributed by atoms with Crippen molar-refractivity contribution in [1.29, 1.82) is 0 Å². The van der Waals surface area contributed by atoms with Gasteiger partial charge >= 0.3 is 0 Å². The first-order chi connectivity index (χ1) is 15.3. The van der Waals surface area contributed by atoms with Crippen LogP contribution in [0, 0.1) is 0 Å². The number of nitrogens with zero attached hydrogens (tertiary/aromatic N) is 2. The standard InChI is InChI=1S/C24H31N3O4S/c1-18-15-26(16-19(2)31-18)17-21-6-4-20(5-7-21)14-25-24(28)22-8-10-23(11-9-22)27-12-3-13-32(27,29)30/h4-11,18-19H,3,12-17H2,1-2H3,(H,25,28). The zero-order chi connectivity index (χ0) is 22.7. The van der Waals surface area contributed by atoms with Crippen LogP contribution >= 0.6 is 0 Å². The van der Waals surface area contributed by atoms with E-state index >= 15 is 0 Å². The molecule has 2 unspecified atom stereocenters. The minimum atomic E-state index is -3.21. The van der Waals surface area contributed by atoms with Gasteiger partial charge in [-0.25, -0.2) is 8.42 Å². The molecule has 32 heavy (non-hydrogen) atoms. The van der Waals surface area contributed by atoms with E-state index in [1.54, 1.807) is 24.3 Å². The molecular weight excluding hydrogens is 426 g/mol. The van der Waals surface area contributed by atoms with Crippen LogP contribution in [0.1, 0.15) is 41.8 Å². The monoisotopic (exact) mass is 457 g/mol. The number of rotatable bonds is 6. The third-order valence-electron chi connectivity index (χ3n) is 5.89. The van der Waals surface area contributed by atoms with Gasteiger partial charge in [-0.2, -0.15) is 0 Å². The normalized spacial score (nSPS) is 23.2. The lowest BCUT2D eigenvalue weighted by atomic mass is 10.1. The summed E-state index contributed by atoms with van der Waals surface area (Å²) < 4.78 is 31.3. The molecule has 2 atom stereocenters. The highest BCUT2D eigenvalue weighted by Crippen LogP contribution is 2.24. The molecular formula is C24H31N3O4S. The van der Waals surface area contributed by atoms with Crippen molar-refractivity contribution in [3.05, 3.63) is 65.2 Å². The van der Waals surface area contributed by atoms with Crippen molar-refractivity contribution in [1.82, 2.24) is 10.2 Å². The second kappa shape index (κ2) is 9.60. The summed E-state index contributed by atoms with van der Waals surface area (Å²) in [6.45, 7) is 7.91. The van der Waals surface area contributed by atoms with Crippen molar-refractivity contribution in [2.75, 3.05) is 29.7 Å². The van der Waals surface area contributed by atoms with Crippen LogP contribution in [0.4, 0.5) is 5.69 Å². The fourth-order valence-electron chi connectivity index (χ4n) is 4.43. The Morgan fingerprint density at radius 3 is 2.22 bits per heavy atom. The van der Waals surface area contributed by atoms with E-state index in [4.69, 9.17) is 4.74 Å². The minimum Gasteiger partial charge on any atom is -0.373 e. The summed E-state index contributed by atoms with van der Waals surface area (Å²) in [6.07, 6.45) is 1.14. The average Bonchev–Trinajstić information content (AvgIpc) is 3.11. The van der Waals surface area contributed by atoms with E-state index in [2.05, 4.69) is 36.2 Å². The van der Waals surface area contributed by atoms with Gasteiger partial charge in [-0.1, -0.05) is 24.3 Å². The summed E-state index contributed by atoms with van der Waals surface area (Å²) in [6, 6.07) is 15.0. The van der Waals surface area contributed by atoms with Gasteiger partial charge in [-0.15, -0.1) is 0 Å². The molecule has 2 heterocycles. The third kappa shape index (κ3) is 5.49. The highest BCUT2D eigenvalue weighted by atomic mass is 32.2. The molecule has 172 valence electrons. The van der Waals surface area contributed by atoms with Gasteiger partial charge in [0.2, 0.25) is 10.0 Å². The van der Waals surface area contributed by atoms with E-state index in [9.17, 15) is 13.2 Å². The molecule has 0 spiro atoms. The number of sulfonamides is 1. The fourth-order valence-corrected chi connectivity index (χ4v) is 5.99. The van der Waals surface area contributed by atoms with Crippen LogP contribution in [0.25, 0.3) is 0 Å². The number of carbonyl (C=O) groups is 1. The van der Waals surface area contributed by atoms with Gasteiger partial charge in [-0.05, 0) is 55.7 Å². The van der Waals surface area contributed by atoms with Crippen molar-refractivity contribution in [3.8, 4) is 0 Å². The molecule has 4 rings (SSSR count). The number of anilines is 1. The Morgan fingerprint density at radius 2 is 1.62 bits per heavy atom. The molecule has 7 nitrogen and oxygen atoms in total. The van der Waals surface area contributed by atoms with Crippen molar-refractivity contribution < 1.29 is 17.9 Å². The molecule has 8 heteroatoms. The molecule has 0 aromatic heterocycles. The average molecular weight is 458 g/mol. The maximum Gasteiger partial charge on any atom is 0.251 e. The summed E-state index contributed by atoms with van der Waals surface area (Å²) in [7, 11) is -3.21. The Morgan fingerprint density at radius 1 is 1.00 bits per heavy atom. The van der Waals surface area contributed by atoms with Gasteiger partial charge < -0.3 is 10.1 Å². The molecule has 0 bridgehead atoms. The largest absolute Gasteiger partial charge is 0.373 e. The maximum absolute atomic E-state index is 12.5. The van der Waals surface area contributed by atoms with E-state index < -0.39 is 10.0 Å². The quantitative estimate of drug-likeness (QED) is 0.722. The van der Waals surface area contributed by atoms with Crippen molar-refractivity contribution in [2.24, 2.45) is 0 Å². The van der Waals surface area contributed by atoms with E-state index in [1.807, 2.05) is 12.1 Å². The second-order valence-corrected chi connectivity index (χ2v) is 10.8. The summed E-state index contributed by atoms with van der Waals surface area (Å²) >= 11 is 0. The number of ether oxygens (including phenoxy) is 1. The smallest absolute Gasteiger partial charge is 0.251 e. The molecule has 2 aromatic carbocycles. The molecule has 0 radical (unpaired) electrons. The minimum absolute atomic E-state index is 0.179. The molecule has 0 aliphatic carbocycles. The molecule has 1 N–H and O–H groups in total. The lowest BCUT2D eigenvalue weighted by molar-refractivity contribution is -0.0704. The van der Waals surface area contributed by atoms with E-state index in [-0.39, 0.29) is 23.9 Å². The maximum atomic E-state index is 12.5. The Kier molecular flexibility index (Phi) is 6.83. The molecule has 2 aromatic rings. The molecule has 2 aliphatic heterocycles. The van der Waals surface area contributed by atoms with Crippen LogP contribution in [0.2, 0.25) is 0 Å². The van der Waals surface area contributed by atoms with Gasteiger partial charge in [0, 0.05) is 38.3 Å². The van der Waals surface area contributed by atoms with Crippen LogP contribution in [-0.2, 0) is 27.8 Å². The number of amides is 1. The topological polar surface area (TPSA) is 79.0 Å². The van der Waals surface area contributed by atoms with Crippen molar-refractivity contribution in [2.45, 2.75) is 45.6 Å². The Hall–Kier alpha value is -2.42. The van der Waals surface area contributed by atoms with E-state index in [0.717, 1.165) is 25.2 Å². The fraction of sp³-hybridized carbons (Fsp3) is 0.458. The number of nitrogens with one attached hydrogen (secondary N) is 1. The number of carbonyl (C=O) groups excluding carboxylic acids is 1.